The molecule has 2 N–H and O–H groups in total. The average molecular weight is 602 g/mol. The number of nitrogens with zero attached hydrogens (tertiary/aromatic N) is 4. The average Bonchev–Trinajstić information content (AvgIpc) is 3.41. The number of esters is 1. The van der Waals surface area contributed by atoms with E-state index in [1.54, 1.807) is 24.3 Å². The quantitative estimate of drug-likeness (QED) is 0.224. The zero-order valence-electron chi connectivity index (χ0n) is 25.3. The van der Waals surface area contributed by atoms with E-state index in [2.05, 4.69) is 29.4 Å². The number of carboxylic acids is 1. The molecule has 43 heavy (non-hydrogen) atoms. The smallest absolute Gasteiger partial charge is 0.344 e. The molecule has 2 aromatic carbocycles. The maximum absolute atomic E-state index is 12.1. The molecule has 4 aromatic rings. The number of aromatic nitrogens is 3. The van der Waals surface area contributed by atoms with Crippen molar-refractivity contribution in [3.8, 4) is 10.8 Å². The topological polar surface area (TPSA) is 128 Å². The number of anilines is 2. The maximum Gasteiger partial charge on any atom is 0.344 e. The number of carbonyl (C=O) groups is 2. The van der Waals surface area contributed by atoms with Gasteiger partial charge in [0, 0.05) is 33.4 Å². The molecule has 0 amide bonds. The predicted octanol–water partition coefficient (Wildman–Crippen LogP) is 6.33. The van der Waals surface area contributed by atoms with Crippen molar-refractivity contribution in [1.82, 2.24) is 14.8 Å². The van der Waals surface area contributed by atoms with Gasteiger partial charge in [-0.3, -0.25) is 14.4 Å². The third-order valence-electron chi connectivity index (χ3n) is 7.11. The number of aryl methyl sites for hydroxylation is 2. The summed E-state index contributed by atoms with van der Waals surface area (Å²) in [5, 5.41) is 22.9. The van der Waals surface area contributed by atoms with Gasteiger partial charge in [0.15, 0.2) is 12.4 Å². The fourth-order valence-corrected chi connectivity index (χ4v) is 6.09. The van der Waals surface area contributed by atoms with E-state index in [9.17, 15) is 14.7 Å². The number of carboxylic acid groups (broad SMARTS) is 1. The minimum atomic E-state index is -0.949. The molecular formula is C32H35N5O5S. The van der Waals surface area contributed by atoms with Gasteiger partial charge in [0.05, 0.1) is 11.6 Å². The van der Waals surface area contributed by atoms with Crippen LogP contribution in [0.25, 0.3) is 5.00 Å². The number of aliphatic carboxylic acids is 1. The van der Waals surface area contributed by atoms with Crippen LogP contribution in [0.1, 0.15) is 67.0 Å². The number of aliphatic imine (C=N–C) groups is 1. The Kier molecular flexibility index (Phi) is 8.11. The van der Waals surface area contributed by atoms with E-state index in [1.165, 1.54) is 0 Å². The van der Waals surface area contributed by atoms with Crippen LogP contribution >= 0.6 is 11.3 Å². The van der Waals surface area contributed by atoms with Crippen LogP contribution in [0.2, 0.25) is 0 Å². The highest BCUT2D eigenvalue weighted by atomic mass is 32.1. The second kappa shape index (κ2) is 11.6. The second-order valence-corrected chi connectivity index (χ2v) is 12.8. The maximum atomic E-state index is 12.1. The molecule has 0 bridgehead atoms. The summed E-state index contributed by atoms with van der Waals surface area (Å²) in [7, 11) is 0. The van der Waals surface area contributed by atoms with Crippen molar-refractivity contribution in [2.75, 3.05) is 11.9 Å². The number of hydrogen-bond acceptors (Lipinski definition) is 9. The Labute approximate surface area is 254 Å². The van der Waals surface area contributed by atoms with Crippen LogP contribution in [-0.4, -0.2) is 49.7 Å². The van der Waals surface area contributed by atoms with Crippen LogP contribution in [-0.2, 0) is 14.3 Å². The molecule has 0 spiro atoms. The minimum absolute atomic E-state index is 0.183. The fraction of sp³-hybridized carbons (Fsp3) is 0.344. The number of hydrogen-bond donors (Lipinski definition) is 2. The van der Waals surface area contributed by atoms with E-state index in [1.807, 2.05) is 74.7 Å². The molecule has 5 rings (SSSR count). The van der Waals surface area contributed by atoms with E-state index in [0.29, 0.717) is 17.4 Å². The van der Waals surface area contributed by atoms with Gasteiger partial charge in [0.2, 0.25) is 0 Å². The summed E-state index contributed by atoms with van der Waals surface area (Å²) in [6.45, 7) is 12.9. The molecule has 0 radical (unpaired) electrons. The molecule has 0 aliphatic carbocycles. The summed E-state index contributed by atoms with van der Waals surface area (Å²) in [5.74, 6) is -0.437. The highest BCUT2D eigenvalue weighted by molar-refractivity contribution is 7.15. The standard InChI is InChI=1S/C32H35N5O5S/c1-17-19(3)43-30-26(17)28(34-27(18(2)31(39)40)29-36-35-20(4)37(29)30)21-11-13-22(14-12-21)33-23-9-8-10-24(15-23)41-16-25(38)42-32(5,6)7/h8-15,18,27,33H,16H2,1-7H3,(H,39,40)/t18?,27-/m0/s1. The molecule has 2 aromatic heterocycles. The molecule has 1 unspecified atom stereocenters. The van der Waals surface area contributed by atoms with Gasteiger partial charge in [-0.2, -0.15) is 0 Å². The van der Waals surface area contributed by atoms with Crippen LogP contribution in [0.3, 0.4) is 0 Å². The van der Waals surface area contributed by atoms with Gasteiger partial charge in [-0.15, -0.1) is 21.5 Å². The first kappa shape index (κ1) is 30.0. The van der Waals surface area contributed by atoms with Crippen LogP contribution in [0, 0.1) is 26.7 Å². The number of rotatable bonds is 8. The van der Waals surface area contributed by atoms with Crippen LogP contribution in [0.5, 0.6) is 5.75 Å². The third kappa shape index (κ3) is 6.31. The van der Waals surface area contributed by atoms with Crippen molar-refractivity contribution in [3.63, 3.8) is 0 Å². The number of nitrogens with one attached hydrogen (secondary N) is 1. The van der Waals surface area contributed by atoms with Crippen molar-refractivity contribution >= 4 is 40.4 Å². The van der Waals surface area contributed by atoms with Crippen molar-refractivity contribution in [2.24, 2.45) is 10.9 Å². The zero-order valence-corrected chi connectivity index (χ0v) is 26.1. The summed E-state index contributed by atoms with van der Waals surface area (Å²) >= 11 is 1.63. The third-order valence-corrected chi connectivity index (χ3v) is 8.30. The van der Waals surface area contributed by atoms with Crippen LogP contribution in [0.15, 0.2) is 53.5 Å². The molecule has 0 fully saturated rings. The summed E-state index contributed by atoms with van der Waals surface area (Å²) in [6.07, 6.45) is 0. The molecule has 11 heteroatoms. The largest absolute Gasteiger partial charge is 0.482 e. The minimum Gasteiger partial charge on any atom is -0.482 e. The van der Waals surface area contributed by atoms with Gasteiger partial charge >= 0.3 is 11.9 Å². The van der Waals surface area contributed by atoms with Gasteiger partial charge in [0.25, 0.3) is 0 Å². The number of carbonyl (C=O) groups excluding carboxylic acids is 1. The SMILES string of the molecule is Cc1sc2c(c1C)C(c1ccc(Nc3cccc(OCC(=O)OC(C)(C)C)c3)cc1)=N[C@@H](C(C)C(=O)O)c1nnc(C)n1-2. The Morgan fingerprint density at radius 1 is 1.07 bits per heavy atom. The zero-order chi connectivity index (χ0) is 31.1. The van der Waals surface area contributed by atoms with E-state index < -0.39 is 29.5 Å². The monoisotopic (exact) mass is 601 g/mol. The Bertz CT molecular complexity index is 1710. The first-order valence-electron chi connectivity index (χ1n) is 14.0. The first-order chi connectivity index (χ1) is 20.3. The van der Waals surface area contributed by atoms with E-state index in [-0.39, 0.29) is 6.61 Å². The van der Waals surface area contributed by atoms with Crippen LogP contribution < -0.4 is 10.1 Å². The van der Waals surface area contributed by atoms with E-state index in [4.69, 9.17) is 14.5 Å². The Hall–Kier alpha value is -4.51. The lowest BCUT2D eigenvalue weighted by atomic mass is 9.98. The Morgan fingerprint density at radius 2 is 1.79 bits per heavy atom. The molecular weight excluding hydrogens is 566 g/mol. The normalized spacial score (nSPS) is 15.0. The molecule has 3 heterocycles. The lowest BCUT2D eigenvalue weighted by molar-refractivity contribution is -0.157. The summed E-state index contributed by atoms with van der Waals surface area (Å²) in [5.41, 5.74) is 4.69. The van der Waals surface area contributed by atoms with Gasteiger partial charge in [-0.1, -0.05) is 18.2 Å². The van der Waals surface area contributed by atoms with Crippen molar-refractivity contribution in [2.45, 2.75) is 60.1 Å². The molecule has 2 atom stereocenters. The molecule has 224 valence electrons. The van der Waals surface area contributed by atoms with Gasteiger partial charge in [0.1, 0.15) is 28.2 Å². The number of fused-ring (bicyclic) bond motifs is 3. The van der Waals surface area contributed by atoms with Gasteiger partial charge in [-0.25, -0.2) is 4.79 Å². The Balaban J connectivity index is 1.43. The second-order valence-electron chi connectivity index (χ2n) is 11.6. The number of benzene rings is 2. The summed E-state index contributed by atoms with van der Waals surface area (Å²) in [4.78, 5) is 30.4. The van der Waals surface area contributed by atoms with Crippen molar-refractivity contribution < 1.29 is 24.2 Å². The summed E-state index contributed by atoms with van der Waals surface area (Å²) < 4.78 is 12.9. The molecule has 1 aliphatic rings. The van der Waals surface area contributed by atoms with Crippen molar-refractivity contribution in [3.05, 3.63) is 81.7 Å². The molecule has 10 nitrogen and oxygen atoms in total. The number of thiophene rings is 1. The molecule has 0 saturated carbocycles. The highest BCUT2D eigenvalue weighted by Gasteiger charge is 2.36. The lowest BCUT2D eigenvalue weighted by Crippen LogP contribution is -2.27. The lowest BCUT2D eigenvalue weighted by Gasteiger charge is -2.19. The predicted molar refractivity (Wildman–Crippen MR) is 166 cm³/mol. The van der Waals surface area contributed by atoms with E-state index in [0.717, 1.165) is 43.7 Å². The molecule has 1 aliphatic heterocycles. The van der Waals surface area contributed by atoms with E-state index >= 15 is 0 Å². The van der Waals surface area contributed by atoms with Gasteiger partial charge in [-0.05, 0) is 78.3 Å². The van der Waals surface area contributed by atoms with Gasteiger partial charge < -0.3 is 19.9 Å². The fourth-order valence-electron chi connectivity index (χ4n) is 4.87. The van der Waals surface area contributed by atoms with Crippen LogP contribution in [0.4, 0.5) is 11.4 Å². The van der Waals surface area contributed by atoms with Crippen molar-refractivity contribution in [1.29, 1.82) is 0 Å². The Morgan fingerprint density at radius 3 is 2.47 bits per heavy atom. The first-order valence-corrected chi connectivity index (χ1v) is 14.8. The summed E-state index contributed by atoms with van der Waals surface area (Å²) in [6, 6.07) is 14.5. The number of ether oxygens (including phenoxy) is 2. The highest BCUT2D eigenvalue weighted by Crippen LogP contribution is 2.40. The molecule has 0 saturated heterocycles.